The minimum absolute atomic E-state index is 0.0987. The number of benzene rings is 1. The van der Waals surface area contributed by atoms with Crippen molar-refractivity contribution in [1.82, 2.24) is 15.1 Å². The lowest BCUT2D eigenvalue weighted by Gasteiger charge is -2.11. The van der Waals surface area contributed by atoms with Crippen molar-refractivity contribution >= 4 is 5.91 Å². The van der Waals surface area contributed by atoms with Crippen molar-refractivity contribution in [2.75, 3.05) is 13.2 Å². The van der Waals surface area contributed by atoms with Gasteiger partial charge in [-0.3, -0.25) is 4.79 Å². The lowest BCUT2D eigenvalue weighted by Crippen LogP contribution is -2.33. The number of furan rings is 1. The third-order valence-electron chi connectivity index (χ3n) is 4.23. The monoisotopic (exact) mass is 337 g/mol. The van der Waals surface area contributed by atoms with Crippen LogP contribution in [0.4, 0.5) is 0 Å². The average Bonchev–Trinajstić information content (AvgIpc) is 3.41. The molecule has 1 amide bonds. The van der Waals surface area contributed by atoms with Crippen molar-refractivity contribution in [2.45, 2.75) is 18.9 Å². The van der Waals surface area contributed by atoms with Crippen molar-refractivity contribution in [1.29, 1.82) is 0 Å². The predicted octanol–water partition coefficient (Wildman–Crippen LogP) is 3.04. The van der Waals surface area contributed by atoms with Gasteiger partial charge < -0.3 is 14.5 Å². The Balaban J connectivity index is 1.63. The highest BCUT2D eigenvalue weighted by Crippen LogP contribution is 2.22. The van der Waals surface area contributed by atoms with Crippen LogP contribution in [0.25, 0.3) is 17.1 Å². The number of rotatable bonds is 5. The average molecular weight is 337 g/mol. The highest BCUT2D eigenvalue weighted by atomic mass is 16.5. The summed E-state index contributed by atoms with van der Waals surface area (Å²) in [6.07, 6.45) is 3.72. The molecule has 6 nitrogen and oxygen atoms in total. The molecule has 128 valence electrons. The fourth-order valence-corrected chi connectivity index (χ4v) is 2.96. The first-order chi connectivity index (χ1) is 12.3. The van der Waals surface area contributed by atoms with Gasteiger partial charge in [0.05, 0.1) is 18.1 Å². The molecule has 1 saturated heterocycles. The minimum atomic E-state index is -0.176. The Labute approximate surface area is 145 Å². The van der Waals surface area contributed by atoms with Crippen molar-refractivity contribution < 1.29 is 13.9 Å². The second-order valence-corrected chi connectivity index (χ2v) is 5.98. The molecule has 1 aromatic carbocycles. The molecule has 1 fully saturated rings. The van der Waals surface area contributed by atoms with E-state index in [2.05, 4.69) is 10.4 Å². The summed E-state index contributed by atoms with van der Waals surface area (Å²) in [6.45, 7) is 1.28. The van der Waals surface area contributed by atoms with Crippen molar-refractivity contribution in [2.24, 2.45) is 0 Å². The van der Waals surface area contributed by atoms with Crippen LogP contribution < -0.4 is 5.32 Å². The van der Waals surface area contributed by atoms with Gasteiger partial charge in [-0.05, 0) is 37.1 Å². The summed E-state index contributed by atoms with van der Waals surface area (Å²) in [5, 5.41) is 7.51. The fourth-order valence-electron chi connectivity index (χ4n) is 2.96. The molecule has 1 aliphatic heterocycles. The van der Waals surface area contributed by atoms with Crippen LogP contribution in [0.2, 0.25) is 0 Å². The molecule has 1 unspecified atom stereocenters. The first kappa shape index (κ1) is 15.7. The smallest absolute Gasteiger partial charge is 0.270 e. The van der Waals surface area contributed by atoms with E-state index in [9.17, 15) is 4.79 Å². The van der Waals surface area contributed by atoms with Gasteiger partial charge in [-0.1, -0.05) is 18.2 Å². The number of ether oxygens (including phenoxy) is 1. The first-order valence-corrected chi connectivity index (χ1v) is 8.40. The molecule has 0 aliphatic carbocycles. The number of nitrogens with one attached hydrogen (secondary N) is 1. The van der Waals surface area contributed by atoms with Crippen LogP contribution in [0.1, 0.15) is 23.3 Å². The van der Waals surface area contributed by atoms with Crippen LogP contribution in [-0.2, 0) is 4.74 Å². The molecule has 4 rings (SSSR count). The van der Waals surface area contributed by atoms with Crippen LogP contribution in [-0.4, -0.2) is 34.9 Å². The maximum absolute atomic E-state index is 12.7. The van der Waals surface area contributed by atoms with E-state index in [1.807, 2.05) is 36.4 Å². The van der Waals surface area contributed by atoms with E-state index in [1.165, 1.54) is 0 Å². The largest absolute Gasteiger partial charge is 0.463 e. The molecule has 0 radical (unpaired) electrons. The summed E-state index contributed by atoms with van der Waals surface area (Å²) < 4.78 is 12.6. The topological polar surface area (TPSA) is 69.3 Å². The van der Waals surface area contributed by atoms with Crippen molar-refractivity contribution in [3.63, 3.8) is 0 Å². The molecule has 6 heteroatoms. The molecule has 0 saturated carbocycles. The third-order valence-corrected chi connectivity index (χ3v) is 4.23. The first-order valence-electron chi connectivity index (χ1n) is 8.40. The number of aromatic nitrogens is 2. The molecule has 25 heavy (non-hydrogen) atoms. The molecule has 0 bridgehead atoms. The molecule has 1 N–H and O–H groups in total. The van der Waals surface area contributed by atoms with Gasteiger partial charge in [-0.15, -0.1) is 0 Å². The lowest BCUT2D eigenvalue weighted by atomic mass is 10.2. The third kappa shape index (κ3) is 3.34. The van der Waals surface area contributed by atoms with Gasteiger partial charge >= 0.3 is 0 Å². The maximum Gasteiger partial charge on any atom is 0.270 e. The molecule has 1 aliphatic rings. The highest BCUT2D eigenvalue weighted by molar-refractivity contribution is 5.94. The second kappa shape index (κ2) is 6.94. The van der Waals surface area contributed by atoms with Crippen LogP contribution >= 0.6 is 0 Å². The van der Waals surface area contributed by atoms with Gasteiger partial charge in [-0.2, -0.15) is 5.10 Å². The van der Waals surface area contributed by atoms with E-state index in [1.54, 1.807) is 23.1 Å². The lowest BCUT2D eigenvalue weighted by molar-refractivity contribution is 0.0851. The van der Waals surface area contributed by atoms with Gasteiger partial charge in [0, 0.05) is 19.2 Å². The van der Waals surface area contributed by atoms with Gasteiger partial charge in [0.25, 0.3) is 5.91 Å². The normalized spacial score (nSPS) is 16.9. The Morgan fingerprint density at radius 2 is 2.12 bits per heavy atom. The standard InChI is InChI=1S/C19H19N3O3/c23-19(20-13-15-8-4-10-24-15)17-12-16(18-9-5-11-25-18)21-22(17)14-6-2-1-3-7-14/h1-3,5-7,9,11-12,15H,4,8,10,13H2,(H,20,23). The van der Waals surface area contributed by atoms with Crippen LogP contribution in [0, 0.1) is 0 Å². The zero-order valence-corrected chi connectivity index (χ0v) is 13.7. The summed E-state index contributed by atoms with van der Waals surface area (Å²) in [5.41, 5.74) is 1.91. The molecular weight excluding hydrogens is 318 g/mol. The second-order valence-electron chi connectivity index (χ2n) is 5.98. The van der Waals surface area contributed by atoms with Gasteiger partial charge in [0.2, 0.25) is 0 Å². The van der Waals surface area contributed by atoms with E-state index in [0.717, 1.165) is 25.1 Å². The number of amides is 1. The predicted molar refractivity (Wildman–Crippen MR) is 92.6 cm³/mol. The molecule has 1 atom stereocenters. The molecule has 2 aromatic heterocycles. The van der Waals surface area contributed by atoms with E-state index in [4.69, 9.17) is 9.15 Å². The summed E-state index contributed by atoms with van der Waals surface area (Å²) in [6, 6.07) is 15.0. The SMILES string of the molecule is O=C(NCC1CCCO1)c1cc(-c2ccco2)nn1-c1ccccc1. The Bertz CT molecular complexity index is 834. The highest BCUT2D eigenvalue weighted by Gasteiger charge is 2.21. The Hall–Kier alpha value is -2.86. The van der Waals surface area contributed by atoms with Gasteiger partial charge in [0.1, 0.15) is 11.4 Å². The summed E-state index contributed by atoms with van der Waals surface area (Å²) in [7, 11) is 0. The minimum Gasteiger partial charge on any atom is -0.463 e. The zero-order chi connectivity index (χ0) is 17.1. The Kier molecular flexibility index (Phi) is 4.35. The van der Waals surface area contributed by atoms with Crippen LogP contribution in [0.3, 0.4) is 0 Å². The van der Waals surface area contributed by atoms with E-state index in [0.29, 0.717) is 23.7 Å². The summed E-state index contributed by atoms with van der Waals surface area (Å²) in [4.78, 5) is 12.7. The van der Waals surface area contributed by atoms with E-state index < -0.39 is 0 Å². The quantitative estimate of drug-likeness (QED) is 0.777. The zero-order valence-electron chi connectivity index (χ0n) is 13.7. The molecule has 3 aromatic rings. The number of carbonyl (C=O) groups excluding carboxylic acids is 1. The number of nitrogens with zero attached hydrogens (tertiary/aromatic N) is 2. The molecule has 3 heterocycles. The number of hydrogen-bond acceptors (Lipinski definition) is 4. The number of carbonyl (C=O) groups is 1. The summed E-state index contributed by atoms with van der Waals surface area (Å²) in [5.74, 6) is 0.451. The maximum atomic E-state index is 12.7. The molecule has 0 spiro atoms. The van der Waals surface area contributed by atoms with Crippen LogP contribution in [0.15, 0.2) is 59.2 Å². The van der Waals surface area contributed by atoms with E-state index in [-0.39, 0.29) is 12.0 Å². The van der Waals surface area contributed by atoms with Gasteiger partial charge in [-0.25, -0.2) is 4.68 Å². The van der Waals surface area contributed by atoms with Crippen molar-refractivity contribution in [3.05, 3.63) is 60.5 Å². The van der Waals surface area contributed by atoms with E-state index >= 15 is 0 Å². The van der Waals surface area contributed by atoms with Gasteiger partial charge in [0.15, 0.2) is 5.76 Å². The Morgan fingerprint density at radius 1 is 1.24 bits per heavy atom. The number of para-hydroxylation sites is 1. The molecular formula is C19H19N3O3. The number of hydrogen-bond donors (Lipinski definition) is 1. The van der Waals surface area contributed by atoms with Crippen LogP contribution in [0.5, 0.6) is 0 Å². The summed E-state index contributed by atoms with van der Waals surface area (Å²) >= 11 is 0. The fraction of sp³-hybridized carbons (Fsp3) is 0.263. The Morgan fingerprint density at radius 3 is 2.84 bits per heavy atom. The van der Waals surface area contributed by atoms with Crippen molar-refractivity contribution in [3.8, 4) is 17.1 Å².